The fourth-order valence-corrected chi connectivity index (χ4v) is 5.66. The third-order valence-corrected chi connectivity index (χ3v) is 7.63. The minimum Gasteiger partial charge on any atom is -0.348 e. The second-order valence-corrected chi connectivity index (χ2v) is 9.89. The molecule has 192 valence electrons. The highest BCUT2D eigenvalue weighted by Crippen LogP contribution is 2.42. The zero-order valence-electron chi connectivity index (χ0n) is 19.7. The number of hydrogen-bond donors (Lipinski definition) is 0. The van der Waals surface area contributed by atoms with E-state index in [1.165, 1.54) is 0 Å². The van der Waals surface area contributed by atoms with Crippen molar-refractivity contribution >= 4 is 32.2 Å². The van der Waals surface area contributed by atoms with E-state index in [4.69, 9.17) is 4.52 Å². The molecule has 0 unspecified atom stereocenters. The van der Waals surface area contributed by atoms with Crippen LogP contribution in [0.25, 0.3) is 21.5 Å². The van der Waals surface area contributed by atoms with Crippen molar-refractivity contribution in [2.45, 2.75) is 38.8 Å². The number of aryl methyl sites for hydroxylation is 1. The van der Waals surface area contributed by atoms with Gasteiger partial charge in [0.05, 0.1) is 15.9 Å². The molecule has 0 bridgehead atoms. The Bertz CT molecular complexity index is 1560. The van der Waals surface area contributed by atoms with Crippen molar-refractivity contribution in [1.82, 2.24) is 15.1 Å². The van der Waals surface area contributed by atoms with Gasteiger partial charge in [-0.2, -0.15) is 23.1 Å². The van der Waals surface area contributed by atoms with Crippen LogP contribution in [0, 0.1) is 24.0 Å². The third kappa shape index (κ3) is 4.66. The van der Waals surface area contributed by atoms with E-state index in [1.54, 1.807) is 4.90 Å². The summed E-state index contributed by atoms with van der Waals surface area (Å²) in [5, 5.41) is 15.6. The lowest BCUT2D eigenvalue weighted by Crippen LogP contribution is -2.34. The van der Waals surface area contributed by atoms with Gasteiger partial charge in [-0.25, -0.2) is 0 Å². The predicted molar refractivity (Wildman–Crippen MR) is 131 cm³/mol. The molecular weight excluding hydrogens is 511 g/mol. The average molecular weight is 532 g/mol. The molecule has 1 fully saturated rings. The monoisotopic (exact) mass is 531 g/mol. The first-order chi connectivity index (χ1) is 17.5. The number of aromatic nitrogens is 3. The summed E-state index contributed by atoms with van der Waals surface area (Å²) in [6, 6.07) is 8.40. The molecule has 0 saturated carbocycles. The van der Waals surface area contributed by atoms with E-state index in [9.17, 15) is 28.1 Å². The molecule has 3 heterocycles. The van der Waals surface area contributed by atoms with E-state index < -0.39 is 38.9 Å². The van der Waals surface area contributed by atoms with Crippen LogP contribution in [0.2, 0.25) is 0 Å². The number of fused-ring (bicyclic) bond motifs is 1. The van der Waals surface area contributed by atoms with Crippen LogP contribution in [0.4, 0.5) is 24.0 Å². The molecular formula is C24H20F3N5O4S. The molecule has 9 nitrogen and oxygen atoms in total. The van der Waals surface area contributed by atoms with Crippen molar-refractivity contribution in [2.75, 3.05) is 18.0 Å². The van der Waals surface area contributed by atoms with Gasteiger partial charge in [0, 0.05) is 30.1 Å². The Hall–Kier alpha value is -3.87. The maximum absolute atomic E-state index is 13.4. The maximum atomic E-state index is 13.4. The summed E-state index contributed by atoms with van der Waals surface area (Å²) in [6.07, 6.45) is -3.64. The van der Waals surface area contributed by atoms with Gasteiger partial charge in [0.15, 0.2) is 5.13 Å². The van der Waals surface area contributed by atoms with E-state index in [1.807, 2.05) is 31.2 Å². The highest BCUT2D eigenvalue weighted by molar-refractivity contribution is 7.22. The normalized spacial score (nSPS) is 14.9. The molecule has 0 radical (unpaired) electrons. The van der Waals surface area contributed by atoms with Gasteiger partial charge in [-0.1, -0.05) is 46.3 Å². The van der Waals surface area contributed by atoms with Gasteiger partial charge in [-0.3, -0.25) is 14.9 Å². The number of benzene rings is 2. The number of nitrogens with zero attached hydrogens (tertiary/aromatic N) is 5. The summed E-state index contributed by atoms with van der Waals surface area (Å²) >= 11 is 0.850. The molecule has 2 aromatic carbocycles. The minimum absolute atomic E-state index is 0.0222. The molecule has 1 aliphatic heterocycles. The highest BCUT2D eigenvalue weighted by Gasteiger charge is 2.38. The molecule has 13 heteroatoms. The highest BCUT2D eigenvalue weighted by atomic mass is 32.1. The number of nitro groups is 1. The number of rotatable bonds is 4. The zero-order chi connectivity index (χ0) is 26.5. The second kappa shape index (κ2) is 9.21. The number of hydrogen-bond acceptors (Lipinski definition) is 9. The predicted octanol–water partition coefficient (Wildman–Crippen LogP) is 5.63. The molecule has 0 amide bonds. The Morgan fingerprint density at radius 1 is 1.14 bits per heavy atom. The van der Waals surface area contributed by atoms with E-state index in [0.29, 0.717) is 43.7 Å². The molecule has 1 aliphatic rings. The van der Waals surface area contributed by atoms with Crippen LogP contribution in [0.5, 0.6) is 0 Å². The summed E-state index contributed by atoms with van der Waals surface area (Å²) in [5.41, 5.74) is -1.44. The number of nitro benzene ring substituents is 1. The Kier molecular flexibility index (Phi) is 6.18. The van der Waals surface area contributed by atoms with Crippen LogP contribution in [0.3, 0.4) is 0 Å². The first-order valence-electron chi connectivity index (χ1n) is 11.4. The van der Waals surface area contributed by atoms with Crippen LogP contribution in [-0.2, 0) is 6.18 Å². The standard InChI is InChI=1S/C24H20F3N5O4S/c1-12-3-5-14(6-4-12)20-28-22(36-30-20)15-7-9-31(10-8-15)23-29-21(33)16-11-17(24(25,26)27)13(2)18(32(34)35)19(16)37-23/h3-6,11,15H,7-10H2,1-2H3. The molecule has 4 aromatic rings. The Morgan fingerprint density at radius 2 is 1.81 bits per heavy atom. The Labute approximate surface area is 211 Å². The van der Waals surface area contributed by atoms with E-state index >= 15 is 0 Å². The molecule has 0 N–H and O–H groups in total. The summed E-state index contributed by atoms with van der Waals surface area (Å²) in [7, 11) is 0. The van der Waals surface area contributed by atoms with Crippen molar-refractivity contribution in [1.29, 1.82) is 0 Å². The lowest BCUT2D eigenvalue weighted by molar-refractivity contribution is -0.383. The van der Waals surface area contributed by atoms with Crippen LogP contribution in [0.1, 0.15) is 41.3 Å². The van der Waals surface area contributed by atoms with Crippen molar-refractivity contribution in [3.8, 4) is 11.4 Å². The van der Waals surface area contributed by atoms with E-state index in [2.05, 4.69) is 15.1 Å². The van der Waals surface area contributed by atoms with Gasteiger partial charge in [0.25, 0.3) is 11.2 Å². The molecule has 0 spiro atoms. The number of piperidine rings is 1. The van der Waals surface area contributed by atoms with Crippen molar-refractivity contribution in [3.05, 3.63) is 73.4 Å². The molecule has 5 rings (SSSR count). The van der Waals surface area contributed by atoms with Crippen molar-refractivity contribution in [2.24, 2.45) is 0 Å². The van der Waals surface area contributed by atoms with E-state index in [0.717, 1.165) is 29.4 Å². The van der Waals surface area contributed by atoms with Gasteiger partial charge < -0.3 is 9.42 Å². The van der Waals surface area contributed by atoms with Gasteiger partial charge in [0.2, 0.25) is 11.7 Å². The summed E-state index contributed by atoms with van der Waals surface area (Å²) in [6.45, 7) is 3.93. The summed E-state index contributed by atoms with van der Waals surface area (Å²) in [5.74, 6) is 0.972. The third-order valence-electron chi connectivity index (χ3n) is 6.48. The van der Waals surface area contributed by atoms with Gasteiger partial charge in [-0.05, 0) is 32.8 Å². The Morgan fingerprint density at radius 3 is 2.43 bits per heavy atom. The Balaban J connectivity index is 1.41. The largest absolute Gasteiger partial charge is 0.416 e. The fraction of sp³-hybridized carbons (Fsp3) is 0.333. The first kappa shape index (κ1) is 24.8. The maximum Gasteiger partial charge on any atom is 0.416 e. The van der Waals surface area contributed by atoms with Crippen LogP contribution in [0.15, 0.2) is 39.6 Å². The topological polar surface area (TPSA) is 115 Å². The van der Waals surface area contributed by atoms with Gasteiger partial charge in [-0.15, -0.1) is 0 Å². The minimum atomic E-state index is -4.84. The van der Waals surface area contributed by atoms with Gasteiger partial charge in [0.1, 0.15) is 4.70 Å². The average Bonchev–Trinajstić information content (AvgIpc) is 3.33. The molecule has 2 aromatic heterocycles. The SMILES string of the molecule is Cc1ccc(-c2noc(C3CCN(c4nc(=O)c5cc(C(F)(F)F)c(C)c([N+](=O)[O-])c5s4)CC3)n2)cc1. The smallest absolute Gasteiger partial charge is 0.348 e. The van der Waals surface area contributed by atoms with Crippen molar-refractivity contribution < 1.29 is 22.6 Å². The van der Waals surface area contributed by atoms with Crippen molar-refractivity contribution in [3.63, 3.8) is 0 Å². The van der Waals surface area contributed by atoms with E-state index in [-0.39, 0.29) is 15.7 Å². The molecule has 0 aliphatic carbocycles. The van der Waals surface area contributed by atoms with Gasteiger partial charge >= 0.3 is 6.18 Å². The number of halogens is 3. The zero-order valence-corrected chi connectivity index (χ0v) is 20.5. The lowest BCUT2D eigenvalue weighted by Gasteiger charge is -2.30. The van der Waals surface area contributed by atoms with Crippen LogP contribution in [-0.4, -0.2) is 33.1 Å². The molecule has 37 heavy (non-hydrogen) atoms. The molecule has 1 saturated heterocycles. The number of alkyl halides is 3. The summed E-state index contributed by atoms with van der Waals surface area (Å²) in [4.78, 5) is 33.8. The lowest BCUT2D eigenvalue weighted by atomic mass is 9.97. The summed E-state index contributed by atoms with van der Waals surface area (Å²) < 4.78 is 45.7. The van der Waals surface area contributed by atoms with Crippen LogP contribution < -0.4 is 10.5 Å². The van der Waals surface area contributed by atoms with Crippen LogP contribution >= 0.6 is 11.3 Å². The quantitative estimate of drug-likeness (QED) is 0.246. The number of anilines is 1. The molecule has 0 atom stereocenters. The first-order valence-corrected chi connectivity index (χ1v) is 12.2. The second-order valence-electron chi connectivity index (χ2n) is 8.91. The fourth-order valence-electron chi connectivity index (χ4n) is 4.46.